The highest BCUT2D eigenvalue weighted by atomic mass is 19.1. The second-order valence-electron chi connectivity index (χ2n) is 6.07. The number of halogens is 1. The van der Waals surface area contributed by atoms with Crippen molar-refractivity contribution in [3.05, 3.63) is 65.5 Å². The number of hydrogen-bond acceptors (Lipinski definition) is 3. The number of ether oxygens (including phenoxy) is 2. The normalized spacial score (nSPS) is 17.4. The molecule has 3 rings (SSSR count). The summed E-state index contributed by atoms with van der Waals surface area (Å²) in [6.45, 7) is 1.36. The van der Waals surface area contributed by atoms with E-state index in [1.54, 1.807) is 30.2 Å². The molecule has 1 amide bonds. The molecule has 132 valence electrons. The van der Waals surface area contributed by atoms with Crippen molar-refractivity contribution in [2.75, 3.05) is 26.8 Å². The second-order valence-corrected chi connectivity index (χ2v) is 6.07. The predicted molar refractivity (Wildman–Crippen MR) is 93.0 cm³/mol. The van der Waals surface area contributed by atoms with Crippen LogP contribution in [0.2, 0.25) is 0 Å². The van der Waals surface area contributed by atoms with E-state index in [2.05, 4.69) is 0 Å². The van der Waals surface area contributed by atoms with Crippen LogP contribution in [-0.4, -0.2) is 37.6 Å². The third-order valence-corrected chi connectivity index (χ3v) is 4.46. The zero-order chi connectivity index (χ0) is 17.6. The van der Waals surface area contributed by atoms with E-state index >= 15 is 0 Å². The zero-order valence-electron chi connectivity index (χ0n) is 14.3. The Balaban J connectivity index is 1.57. The molecule has 1 fully saturated rings. The molecule has 1 aliphatic heterocycles. The van der Waals surface area contributed by atoms with Gasteiger partial charge < -0.3 is 14.4 Å². The molecular weight excluding hydrogens is 321 g/mol. The lowest BCUT2D eigenvalue weighted by molar-refractivity contribution is -0.139. The van der Waals surface area contributed by atoms with E-state index in [4.69, 9.17) is 9.47 Å². The van der Waals surface area contributed by atoms with Gasteiger partial charge in [0.05, 0.1) is 20.3 Å². The lowest BCUT2D eigenvalue weighted by Gasteiger charge is -2.33. The Morgan fingerprint density at radius 3 is 2.72 bits per heavy atom. The first kappa shape index (κ1) is 17.4. The lowest BCUT2D eigenvalue weighted by atomic mass is 10.1. The van der Waals surface area contributed by atoms with E-state index < -0.39 is 6.10 Å². The van der Waals surface area contributed by atoms with Crippen molar-refractivity contribution >= 4 is 5.91 Å². The van der Waals surface area contributed by atoms with Crippen LogP contribution in [-0.2, 0) is 16.0 Å². The smallest absolute Gasteiger partial charge is 0.223 e. The molecule has 25 heavy (non-hydrogen) atoms. The molecular formula is C20H22FNO3. The largest absolute Gasteiger partial charge is 0.497 e. The van der Waals surface area contributed by atoms with Crippen LogP contribution in [0.25, 0.3) is 0 Å². The van der Waals surface area contributed by atoms with Gasteiger partial charge in [0.2, 0.25) is 5.91 Å². The first-order valence-corrected chi connectivity index (χ1v) is 8.44. The van der Waals surface area contributed by atoms with Crippen LogP contribution in [0.1, 0.15) is 23.7 Å². The van der Waals surface area contributed by atoms with E-state index in [9.17, 15) is 9.18 Å². The van der Waals surface area contributed by atoms with Gasteiger partial charge in [0.1, 0.15) is 17.7 Å². The standard InChI is InChI=1S/C20H22FNO3/c1-24-16-9-6-15(7-10-16)8-11-20(23)22-12-13-25-19(14-22)17-4-2-3-5-18(17)21/h2-7,9-10,19H,8,11-14H2,1H3/t19-/m0/s1. The van der Waals surface area contributed by atoms with Gasteiger partial charge in [-0.25, -0.2) is 4.39 Å². The topological polar surface area (TPSA) is 38.8 Å². The monoisotopic (exact) mass is 343 g/mol. The number of amides is 1. The van der Waals surface area contributed by atoms with Crippen molar-refractivity contribution in [1.29, 1.82) is 0 Å². The van der Waals surface area contributed by atoms with Gasteiger partial charge in [0.25, 0.3) is 0 Å². The SMILES string of the molecule is COc1ccc(CCC(=O)N2CCO[C@H](c3ccccc3F)C2)cc1. The van der Waals surface area contributed by atoms with Crippen LogP contribution in [0.3, 0.4) is 0 Å². The van der Waals surface area contributed by atoms with E-state index in [-0.39, 0.29) is 11.7 Å². The summed E-state index contributed by atoms with van der Waals surface area (Å²) < 4.78 is 24.7. The van der Waals surface area contributed by atoms with Crippen molar-refractivity contribution in [1.82, 2.24) is 4.90 Å². The molecule has 0 unspecified atom stereocenters. The summed E-state index contributed by atoms with van der Waals surface area (Å²) in [7, 11) is 1.63. The fraction of sp³-hybridized carbons (Fsp3) is 0.350. The summed E-state index contributed by atoms with van der Waals surface area (Å²) in [6.07, 6.45) is 0.695. The van der Waals surface area contributed by atoms with Gasteiger partial charge in [0, 0.05) is 18.5 Å². The van der Waals surface area contributed by atoms with E-state index in [0.717, 1.165) is 11.3 Å². The third kappa shape index (κ3) is 4.37. The third-order valence-electron chi connectivity index (χ3n) is 4.46. The summed E-state index contributed by atoms with van der Waals surface area (Å²) in [5.74, 6) is 0.580. The van der Waals surface area contributed by atoms with Gasteiger partial charge in [-0.15, -0.1) is 0 Å². The average molecular weight is 343 g/mol. The first-order chi connectivity index (χ1) is 12.2. The molecule has 2 aromatic carbocycles. The van der Waals surface area contributed by atoms with Gasteiger partial charge in [0.15, 0.2) is 0 Å². The second kappa shape index (κ2) is 8.12. The zero-order valence-corrected chi connectivity index (χ0v) is 14.3. The molecule has 1 saturated heterocycles. The average Bonchev–Trinajstić information content (AvgIpc) is 2.67. The van der Waals surface area contributed by atoms with Crippen molar-refractivity contribution in [3.8, 4) is 5.75 Å². The fourth-order valence-electron chi connectivity index (χ4n) is 3.00. The number of aryl methyl sites for hydroxylation is 1. The summed E-state index contributed by atoms with van der Waals surface area (Å²) >= 11 is 0. The molecule has 0 saturated carbocycles. The molecule has 0 aliphatic carbocycles. The van der Waals surface area contributed by atoms with Crippen molar-refractivity contribution in [3.63, 3.8) is 0 Å². The number of nitrogens with zero attached hydrogens (tertiary/aromatic N) is 1. The minimum absolute atomic E-state index is 0.0699. The summed E-state index contributed by atoms with van der Waals surface area (Å²) in [6, 6.07) is 14.3. The van der Waals surface area contributed by atoms with Crippen molar-refractivity contribution in [2.24, 2.45) is 0 Å². The highest BCUT2D eigenvalue weighted by Gasteiger charge is 2.26. The Hall–Kier alpha value is -2.40. The van der Waals surface area contributed by atoms with Crippen LogP contribution in [0, 0.1) is 5.82 Å². The molecule has 0 spiro atoms. The molecule has 0 N–H and O–H groups in total. The summed E-state index contributed by atoms with van der Waals surface area (Å²) in [5, 5.41) is 0. The maximum atomic E-state index is 13.9. The minimum atomic E-state index is -0.403. The van der Waals surface area contributed by atoms with Crippen LogP contribution in [0.4, 0.5) is 4.39 Å². The Morgan fingerprint density at radius 1 is 1.24 bits per heavy atom. The van der Waals surface area contributed by atoms with Crippen LogP contribution in [0.15, 0.2) is 48.5 Å². The molecule has 1 atom stereocenters. The minimum Gasteiger partial charge on any atom is -0.497 e. The van der Waals surface area contributed by atoms with Crippen LogP contribution >= 0.6 is 0 Å². The van der Waals surface area contributed by atoms with Gasteiger partial charge in [-0.3, -0.25) is 4.79 Å². The molecule has 4 nitrogen and oxygen atoms in total. The van der Waals surface area contributed by atoms with Crippen molar-refractivity contribution in [2.45, 2.75) is 18.9 Å². The van der Waals surface area contributed by atoms with E-state index in [1.807, 2.05) is 24.3 Å². The lowest BCUT2D eigenvalue weighted by Crippen LogP contribution is -2.42. The number of benzene rings is 2. The number of carbonyl (C=O) groups is 1. The Bertz CT molecular complexity index is 717. The highest BCUT2D eigenvalue weighted by molar-refractivity contribution is 5.76. The van der Waals surface area contributed by atoms with Gasteiger partial charge in [-0.05, 0) is 30.2 Å². The predicted octanol–water partition coefficient (Wildman–Crippen LogP) is 3.37. The molecule has 2 aromatic rings. The number of rotatable bonds is 5. The number of hydrogen-bond donors (Lipinski definition) is 0. The first-order valence-electron chi connectivity index (χ1n) is 8.44. The van der Waals surface area contributed by atoms with Crippen molar-refractivity contribution < 1.29 is 18.7 Å². The van der Waals surface area contributed by atoms with E-state index in [1.165, 1.54) is 6.07 Å². The van der Waals surface area contributed by atoms with Gasteiger partial charge >= 0.3 is 0 Å². The maximum absolute atomic E-state index is 13.9. The van der Waals surface area contributed by atoms with Gasteiger partial charge in [-0.1, -0.05) is 30.3 Å². The fourth-order valence-corrected chi connectivity index (χ4v) is 3.00. The summed E-state index contributed by atoms with van der Waals surface area (Å²) in [4.78, 5) is 14.3. The van der Waals surface area contributed by atoms with Crippen LogP contribution < -0.4 is 4.74 Å². The van der Waals surface area contributed by atoms with Gasteiger partial charge in [-0.2, -0.15) is 0 Å². The van der Waals surface area contributed by atoms with E-state index in [0.29, 0.717) is 38.1 Å². The molecule has 5 heteroatoms. The van der Waals surface area contributed by atoms with Crippen LogP contribution in [0.5, 0.6) is 5.75 Å². The maximum Gasteiger partial charge on any atom is 0.223 e. The number of morpholine rings is 1. The number of carbonyl (C=O) groups excluding carboxylic acids is 1. The molecule has 0 radical (unpaired) electrons. The summed E-state index contributed by atoms with van der Waals surface area (Å²) in [5.41, 5.74) is 1.60. The Kier molecular flexibility index (Phi) is 5.66. The molecule has 1 aliphatic rings. The molecule has 1 heterocycles. The highest BCUT2D eigenvalue weighted by Crippen LogP contribution is 2.25. The Morgan fingerprint density at radius 2 is 2.00 bits per heavy atom. The Labute approximate surface area is 147 Å². The molecule has 0 bridgehead atoms. The number of methoxy groups -OCH3 is 1. The molecule has 0 aromatic heterocycles. The quantitative estimate of drug-likeness (QED) is 0.835.